The van der Waals surface area contributed by atoms with Crippen LogP contribution in [-0.4, -0.2) is 57.1 Å². The number of halogens is 1. The lowest BCUT2D eigenvalue weighted by Gasteiger charge is -2.19. The van der Waals surface area contributed by atoms with Crippen LogP contribution in [0.15, 0.2) is 60.7 Å². The highest BCUT2D eigenvalue weighted by Crippen LogP contribution is 2.28. The van der Waals surface area contributed by atoms with Gasteiger partial charge in [0, 0.05) is 7.11 Å². The van der Waals surface area contributed by atoms with Crippen LogP contribution in [0.4, 0.5) is 14.0 Å². The predicted molar refractivity (Wildman–Crippen MR) is 110 cm³/mol. The molecule has 0 aliphatic carbocycles. The van der Waals surface area contributed by atoms with Gasteiger partial charge in [0.15, 0.2) is 12.3 Å². The van der Waals surface area contributed by atoms with Crippen LogP contribution in [0.2, 0.25) is 0 Å². The van der Waals surface area contributed by atoms with Gasteiger partial charge < -0.3 is 28.4 Å². The lowest BCUT2D eigenvalue weighted by Crippen LogP contribution is -2.37. The van der Waals surface area contributed by atoms with Gasteiger partial charge in [-0.15, -0.1) is 0 Å². The molecule has 0 bridgehead atoms. The number of hydrogen-bond donors (Lipinski definition) is 0. The Labute approximate surface area is 185 Å². The topological polar surface area (TPSA) is 89.5 Å². The Bertz CT molecular complexity index is 848. The van der Waals surface area contributed by atoms with Crippen molar-refractivity contribution in [1.82, 2.24) is 0 Å². The lowest BCUT2D eigenvalue weighted by molar-refractivity contribution is -0.0648. The molecule has 2 aromatic carbocycles. The van der Waals surface area contributed by atoms with E-state index in [2.05, 4.69) is 0 Å². The minimum atomic E-state index is -1.69. The number of alkyl halides is 1. The predicted octanol–water partition coefficient (Wildman–Crippen LogP) is 3.81. The third-order valence-electron chi connectivity index (χ3n) is 4.71. The van der Waals surface area contributed by atoms with Crippen LogP contribution >= 0.6 is 0 Å². The monoisotopic (exact) mass is 448 g/mol. The highest BCUT2D eigenvalue weighted by atomic mass is 19.1. The Morgan fingerprint density at radius 3 is 1.94 bits per heavy atom. The van der Waals surface area contributed by atoms with E-state index in [0.29, 0.717) is 0 Å². The fraction of sp³-hybridized carbons (Fsp3) is 0.391. The van der Waals surface area contributed by atoms with E-state index in [9.17, 15) is 14.0 Å². The number of ether oxygens (including phenoxy) is 6. The molecule has 4 atom stereocenters. The quantitative estimate of drug-likeness (QED) is 0.535. The molecule has 2 aromatic rings. The second-order valence-corrected chi connectivity index (χ2v) is 7.05. The highest BCUT2D eigenvalue weighted by molar-refractivity contribution is 5.61. The molecule has 8 nitrogen and oxygen atoms in total. The summed E-state index contributed by atoms with van der Waals surface area (Å²) in [6.45, 7) is -0.437. The minimum absolute atomic E-state index is 0.0228. The summed E-state index contributed by atoms with van der Waals surface area (Å²) in [4.78, 5) is 24.0. The van der Waals surface area contributed by atoms with Crippen molar-refractivity contribution in [3.8, 4) is 0 Å². The van der Waals surface area contributed by atoms with Crippen molar-refractivity contribution in [1.29, 1.82) is 0 Å². The Kier molecular flexibility index (Phi) is 8.82. The van der Waals surface area contributed by atoms with E-state index in [0.717, 1.165) is 11.1 Å². The van der Waals surface area contributed by atoms with Crippen molar-refractivity contribution in [3.05, 3.63) is 71.8 Å². The molecule has 1 heterocycles. The van der Waals surface area contributed by atoms with E-state index in [-0.39, 0.29) is 26.4 Å². The van der Waals surface area contributed by atoms with Crippen molar-refractivity contribution in [3.63, 3.8) is 0 Å². The smallest absolute Gasteiger partial charge is 0.431 e. The molecule has 1 saturated heterocycles. The first-order valence-corrected chi connectivity index (χ1v) is 10.1. The Balaban J connectivity index is 1.51. The van der Waals surface area contributed by atoms with Gasteiger partial charge >= 0.3 is 12.3 Å². The molecule has 0 radical (unpaired) electrons. The maximum Gasteiger partial charge on any atom is 0.509 e. The van der Waals surface area contributed by atoms with Crippen LogP contribution in [0.1, 0.15) is 11.1 Å². The standard InChI is InChI=1S/C23H25FO8/c1-27-14-18-20(24)21(32-23(26)29-13-17-10-6-3-7-11-17)19(31-18)15-30-22(25)28-12-16-8-4-2-5-9-16/h2-11,18-21H,12-15H2,1H3/t18?,19-,20-,21-/m1/s1. The maximum absolute atomic E-state index is 14.8. The average molecular weight is 448 g/mol. The fourth-order valence-electron chi connectivity index (χ4n) is 3.13. The minimum Gasteiger partial charge on any atom is -0.431 e. The molecule has 9 heteroatoms. The summed E-state index contributed by atoms with van der Waals surface area (Å²) in [5.41, 5.74) is 1.54. The molecular formula is C23H25FO8. The van der Waals surface area contributed by atoms with Crippen LogP contribution in [-0.2, 0) is 41.6 Å². The van der Waals surface area contributed by atoms with Gasteiger partial charge in [-0.25, -0.2) is 14.0 Å². The van der Waals surface area contributed by atoms with Gasteiger partial charge in [-0.05, 0) is 11.1 Å². The number of benzene rings is 2. The molecule has 0 N–H and O–H groups in total. The number of hydrogen-bond acceptors (Lipinski definition) is 8. The maximum atomic E-state index is 14.8. The van der Waals surface area contributed by atoms with E-state index in [1.807, 2.05) is 24.3 Å². The Morgan fingerprint density at radius 2 is 1.38 bits per heavy atom. The van der Waals surface area contributed by atoms with Crippen LogP contribution in [0.25, 0.3) is 0 Å². The van der Waals surface area contributed by atoms with Crippen molar-refractivity contribution < 1.29 is 42.4 Å². The summed E-state index contributed by atoms with van der Waals surface area (Å²) in [5.74, 6) is 0. The summed E-state index contributed by atoms with van der Waals surface area (Å²) in [6, 6.07) is 18.0. The van der Waals surface area contributed by atoms with Gasteiger partial charge in [-0.2, -0.15) is 0 Å². The van der Waals surface area contributed by atoms with E-state index in [1.54, 1.807) is 36.4 Å². The Hall–Kier alpha value is -3.17. The van der Waals surface area contributed by atoms with Crippen molar-refractivity contribution in [2.24, 2.45) is 0 Å². The van der Waals surface area contributed by atoms with Gasteiger partial charge in [-0.1, -0.05) is 60.7 Å². The zero-order valence-corrected chi connectivity index (χ0v) is 17.6. The van der Waals surface area contributed by atoms with Crippen LogP contribution in [0, 0.1) is 0 Å². The summed E-state index contributed by atoms with van der Waals surface area (Å²) in [7, 11) is 1.39. The van der Waals surface area contributed by atoms with Crippen molar-refractivity contribution in [2.45, 2.75) is 37.7 Å². The normalized spacial score (nSPS) is 22.2. The molecule has 0 saturated carbocycles. The van der Waals surface area contributed by atoms with Crippen LogP contribution in [0.3, 0.4) is 0 Å². The first kappa shape index (κ1) is 23.5. The van der Waals surface area contributed by atoms with Gasteiger partial charge in [0.2, 0.25) is 0 Å². The number of rotatable bonds is 9. The summed E-state index contributed by atoms with van der Waals surface area (Å²) in [5, 5.41) is 0. The zero-order valence-electron chi connectivity index (χ0n) is 17.6. The Morgan fingerprint density at radius 1 is 0.812 bits per heavy atom. The number of carbonyl (C=O) groups excluding carboxylic acids is 2. The summed E-state index contributed by atoms with van der Waals surface area (Å²) in [6.07, 6.45) is -7.05. The molecule has 3 rings (SSSR count). The molecule has 0 spiro atoms. The van der Waals surface area contributed by atoms with Gasteiger partial charge in [-0.3, -0.25) is 0 Å². The van der Waals surface area contributed by atoms with Gasteiger partial charge in [0.1, 0.15) is 32.0 Å². The lowest BCUT2D eigenvalue weighted by atomic mass is 10.1. The molecule has 1 aliphatic rings. The zero-order chi connectivity index (χ0) is 22.8. The largest absolute Gasteiger partial charge is 0.509 e. The molecule has 1 aliphatic heterocycles. The molecule has 0 aromatic heterocycles. The van der Waals surface area contributed by atoms with Crippen molar-refractivity contribution in [2.75, 3.05) is 20.3 Å². The second-order valence-electron chi connectivity index (χ2n) is 7.05. The van der Waals surface area contributed by atoms with E-state index < -0.39 is 36.8 Å². The first-order valence-electron chi connectivity index (χ1n) is 10.1. The molecule has 1 unspecified atom stereocenters. The van der Waals surface area contributed by atoms with Gasteiger partial charge in [0.05, 0.1) is 6.61 Å². The third kappa shape index (κ3) is 6.93. The van der Waals surface area contributed by atoms with E-state index >= 15 is 0 Å². The van der Waals surface area contributed by atoms with E-state index in [1.165, 1.54) is 7.11 Å². The third-order valence-corrected chi connectivity index (χ3v) is 4.71. The average Bonchev–Trinajstić information content (AvgIpc) is 3.11. The molecule has 172 valence electrons. The number of methoxy groups -OCH3 is 1. The SMILES string of the molecule is COCC1O[C@H](COC(=O)OCc2ccccc2)[C@@H](OC(=O)OCc2ccccc2)[C@@H]1F. The molecule has 0 amide bonds. The highest BCUT2D eigenvalue weighted by Gasteiger charge is 2.48. The van der Waals surface area contributed by atoms with Crippen LogP contribution in [0.5, 0.6) is 0 Å². The molecule has 1 fully saturated rings. The van der Waals surface area contributed by atoms with E-state index in [4.69, 9.17) is 28.4 Å². The number of carbonyl (C=O) groups is 2. The summed E-state index contributed by atoms with van der Waals surface area (Å²) >= 11 is 0. The molecular weight excluding hydrogens is 423 g/mol. The fourth-order valence-corrected chi connectivity index (χ4v) is 3.13. The second kappa shape index (κ2) is 12.0. The molecule has 32 heavy (non-hydrogen) atoms. The summed E-state index contributed by atoms with van der Waals surface area (Å²) < 4.78 is 45.5. The van der Waals surface area contributed by atoms with Crippen LogP contribution < -0.4 is 0 Å². The van der Waals surface area contributed by atoms with Gasteiger partial charge in [0.25, 0.3) is 0 Å². The first-order chi connectivity index (χ1) is 15.6. The van der Waals surface area contributed by atoms with Crippen molar-refractivity contribution >= 4 is 12.3 Å².